The van der Waals surface area contributed by atoms with Gasteiger partial charge in [0.15, 0.2) is 0 Å². The van der Waals surface area contributed by atoms with Crippen LogP contribution >= 0.6 is 11.3 Å². The van der Waals surface area contributed by atoms with Crippen molar-refractivity contribution >= 4 is 11.3 Å². The molecule has 6 heteroatoms. The Labute approximate surface area is 114 Å². The van der Waals surface area contributed by atoms with E-state index in [2.05, 4.69) is 5.32 Å². The van der Waals surface area contributed by atoms with Gasteiger partial charge in [0.05, 0.1) is 6.54 Å². The molecule has 108 valence electrons. The van der Waals surface area contributed by atoms with Crippen molar-refractivity contribution in [3.05, 3.63) is 21.4 Å². The molecule has 0 amide bonds. The van der Waals surface area contributed by atoms with Crippen LogP contribution in [0.1, 0.15) is 41.1 Å². The fourth-order valence-electron chi connectivity index (χ4n) is 2.19. The molecule has 1 heterocycles. The molecule has 0 saturated heterocycles. The lowest BCUT2D eigenvalue weighted by Gasteiger charge is -2.19. The van der Waals surface area contributed by atoms with Crippen LogP contribution in [0.2, 0.25) is 0 Å². The molecule has 1 aromatic rings. The lowest BCUT2D eigenvalue weighted by molar-refractivity contribution is -0.126. The average molecular weight is 295 g/mol. The van der Waals surface area contributed by atoms with Gasteiger partial charge in [-0.25, -0.2) is 8.78 Å². The molecule has 0 spiro atoms. The van der Waals surface area contributed by atoms with E-state index in [1.54, 1.807) is 18.3 Å². The van der Waals surface area contributed by atoms with E-state index in [1.165, 1.54) is 10.4 Å². The first-order valence-electron chi connectivity index (χ1n) is 6.41. The third-order valence-corrected chi connectivity index (χ3v) is 4.83. The normalized spacial score (nSPS) is 17.6. The Morgan fingerprint density at radius 1 is 1.32 bits per heavy atom. The smallest absolute Gasteiger partial charge is 0.304 e. The number of alkyl halides is 4. The van der Waals surface area contributed by atoms with Crippen molar-refractivity contribution in [1.82, 2.24) is 5.32 Å². The van der Waals surface area contributed by atoms with Crippen molar-refractivity contribution < 1.29 is 17.6 Å². The highest BCUT2D eigenvalue weighted by atomic mass is 32.1. The quantitative estimate of drug-likeness (QED) is 0.804. The second-order valence-electron chi connectivity index (χ2n) is 4.97. The SMILES string of the molecule is CC(NCC(F)(F)C(F)F)c1cc2c(s1)CCCC2. The maximum absolute atomic E-state index is 12.8. The highest BCUT2D eigenvalue weighted by Gasteiger charge is 2.40. The fourth-order valence-corrected chi connectivity index (χ4v) is 3.48. The molecular formula is C13H17F4NS. The zero-order valence-electron chi connectivity index (χ0n) is 10.7. The number of thiophene rings is 1. The Balaban J connectivity index is 1.96. The second-order valence-corrected chi connectivity index (χ2v) is 6.14. The molecule has 19 heavy (non-hydrogen) atoms. The standard InChI is InChI=1S/C13H17F4NS/c1-8(18-7-13(16,17)12(14)15)11-6-9-4-2-3-5-10(9)19-11/h6,8,12,18H,2-5,7H2,1H3. The van der Waals surface area contributed by atoms with Gasteiger partial charge in [-0.1, -0.05) is 0 Å². The van der Waals surface area contributed by atoms with E-state index in [-0.39, 0.29) is 6.04 Å². The van der Waals surface area contributed by atoms with Crippen LogP contribution in [0, 0.1) is 0 Å². The van der Waals surface area contributed by atoms with E-state index in [1.807, 2.05) is 6.07 Å². The largest absolute Gasteiger partial charge is 0.319 e. The summed E-state index contributed by atoms with van der Waals surface area (Å²) in [6.45, 7) is 0.743. The first-order chi connectivity index (χ1) is 8.90. The summed E-state index contributed by atoms with van der Waals surface area (Å²) in [7, 11) is 0. The molecule has 2 rings (SSSR count). The molecule has 0 bridgehead atoms. The maximum atomic E-state index is 12.8. The zero-order valence-corrected chi connectivity index (χ0v) is 11.5. The van der Waals surface area contributed by atoms with Crippen molar-refractivity contribution in [1.29, 1.82) is 0 Å². The number of hydrogen-bond donors (Lipinski definition) is 1. The van der Waals surface area contributed by atoms with Crippen LogP contribution in [-0.2, 0) is 12.8 Å². The topological polar surface area (TPSA) is 12.0 Å². The third kappa shape index (κ3) is 3.48. The second kappa shape index (κ2) is 5.79. The van der Waals surface area contributed by atoms with Gasteiger partial charge < -0.3 is 5.32 Å². The molecule has 1 atom stereocenters. The minimum absolute atomic E-state index is 0.319. The van der Waals surface area contributed by atoms with Crippen molar-refractivity contribution in [3.63, 3.8) is 0 Å². The summed E-state index contributed by atoms with van der Waals surface area (Å²) in [5.41, 5.74) is 1.29. The predicted octanol–water partition coefficient (Wildman–Crippen LogP) is 4.18. The molecule has 0 saturated carbocycles. The van der Waals surface area contributed by atoms with Crippen LogP contribution in [0.4, 0.5) is 17.6 Å². The van der Waals surface area contributed by atoms with Crippen molar-refractivity contribution in [2.24, 2.45) is 0 Å². The molecule has 0 aromatic carbocycles. The lowest BCUT2D eigenvalue weighted by Crippen LogP contribution is -2.39. The van der Waals surface area contributed by atoms with Crippen LogP contribution in [0.25, 0.3) is 0 Å². The number of hydrogen-bond acceptors (Lipinski definition) is 2. The number of fused-ring (bicyclic) bond motifs is 1. The summed E-state index contributed by atoms with van der Waals surface area (Å²) < 4.78 is 49.8. The van der Waals surface area contributed by atoms with Gasteiger partial charge in [0, 0.05) is 15.8 Å². The van der Waals surface area contributed by atoms with E-state index in [0.717, 1.165) is 30.6 Å². The summed E-state index contributed by atoms with van der Waals surface area (Å²) >= 11 is 1.61. The lowest BCUT2D eigenvalue weighted by atomic mass is 9.99. The molecule has 1 N–H and O–H groups in total. The Morgan fingerprint density at radius 3 is 2.63 bits per heavy atom. The Kier molecular flexibility index (Phi) is 4.50. The summed E-state index contributed by atoms with van der Waals surface area (Å²) in [5.74, 6) is -3.97. The third-order valence-electron chi connectivity index (χ3n) is 3.41. The van der Waals surface area contributed by atoms with E-state index in [9.17, 15) is 17.6 Å². The minimum Gasteiger partial charge on any atom is -0.304 e. The zero-order chi connectivity index (χ0) is 14.0. The Morgan fingerprint density at radius 2 is 2.00 bits per heavy atom. The molecule has 1 aromatic heterocycles. The highest BCUT2D eigenvalue weighted by Crippen LogP contribution is 2.33. The summed E-state index contributed by atoms with van der Waals surface area (Å²) in [4.78, 5) is 2.27. The van der Waals surface area contributed by atoms with E-state index < -0.39 is 18.9 Å². The molecule has 0 radical (unpaired) electrons. The van der Waals surface area contributed by atoms with Crippen molar-refractivity contribution in [2.75, 3.05) is 6.54 Å². The Hall–Kier alpha value is -0.620. The molecule has 1 unspecified atom stereocenters. The minimum atomic E-state index is -3.97. The van der Waals surface area contributed by atoms with E-state index in [4.69, 9.17) is 0 Å². The monoisotopic (exact) mass is 295 g/mol. The van der Waals surface area contributed by atoms with Gasteiger partial charge >= 0.3 is 12.3 Å². The molecular weight excluding hydrogens is 278 g/mol. The molecule has 1 nitrogen and oxygen atoms in total. The summed E-state index contributed by atoms with van der Waals surface area (Å²) in [6, 6.07) is 1.71. The van der Waals surface area contributed by atoms with Crippen molar-refractivity contribution in [3.8, 4) is 0 Å². The van der Waals surface area contributed by atoms with Crippen LogP contribution in [-0.4, -0.2) is 18.9 Å². The molecule has 1 aliphatic carbocycles. The van der Waals surface area contributed by atoms with Gasteiger partial charge in [0.1, 0.15) is 0 Å². The maximum Gasteiger partial charge on any atom is 0.319 e. The molecule has 0 aliphatic heterocycles. The van der Waals surface area contributed by atoms with Gasteiger partial charge in [-0.2, -0.15) is 8.78 Å². The van der Waals surface area contributed by atoms with E-state index in [0.29, 0.717) is 0 Å². The van der Waals surface area contributed by atoms with Gasteiger partial charge in [-0.15, -0.1) is 11.3 Å². The van der Waals surface area contributed by atoms with E-state index >= 15 is 0 Å². The van der Waals surface area contributed by atoms with Crippen LogP contribution in [0.5, 0.6) is 0 Å². The van der Waals surface area contributed by atoms with Crippen molar-refractivity contribution in [2.45, 2.75) is 51.0 Å². The van der Waals surface area contributed by atoms with Gasteiger partial charge in [0.2, 0.25) is 0 Å². The van der Waals surface area contributed by atoms with Gasteiger partial charge in [-0.05, 0) is 44.2 Å². The number of halogens is 4. The number of nitrogens with one attached hydrogen (secondary N) is 1. The number of aryl methyl sites for hydroxylation is 2. The molecule has 1 aliphatic rings. The fraction of sp³-hybridized carbons (Fsp3) is 0.692. The van der Waals surface area contributed by atoms with Gasteiger partial charge in [-0.3, -0.25) is 0 Å². The molecule has 0 fully saturated rings. The van der Waals surface area contributed by atoms with Crippen LogP contribution in [0.3, 0.4) is 0 Å². The first kappa shape index (κ1) is 14.8. The van der Waals surface area contributed by atoms with Crippen LogP contribution in [0.15, 0.2) is 6.07 Å². The number of rotatable bonds is 5. The first-order valence-corrected chi connectivity index (χ1v) is 7.22. The Bertz CT molecular complexity index is 407. The van der Waals surface area contributed by atoms with Crippen LogP contribution < -0.4 is 5.32 Å². The predicted molar refractivity (Wildman–Crippen MR) is 68.3 cm³/mol. The average Bonchev–Trinajstić information content (AvgIpc) is 2.79. The summed E-state index contributed by atoms with van der Waals surface area (Å²) in [5, 5.41) is 2.51. The van der Waals surface area contributed by atoms with Gasteiger partial charge in [0.25, 0.3) is 0 Å². The highest BCUT2D eigenvalue weighted by molar-refractivity contribution is 7.12. The summed E-state index contributed by atoms with van der Waals surface area (Å²) in [6.07, 6.45) is 0.780.